The lowest BCUT2D eigenvalue weighted by atomic mass is 9.99. The number of Topliss-reactive ketones (excluding diaryl/α,β-unsaturated/α-hetero) is 1. The summed E-state index contributed by atoms with van der Waals surface area (Å²) in [5.74, 6) is 0.976. The summed E-state index contributed by atoms with van der Waals surface area (Å²) in [6.45, 7) is 3.29. The lowest BCUT2D eigenvalue weighted by Gasteiger charge is -2.26. The van der Waals surface area contributed by atoms with E-state index in [1.54, 1.807) is 0 Å². The van der Waals surface area contributed by atoms with Gasteiger partial charge in [-0.05, 0) is 31.4 Å². The molecule has 1 aliphatic heterocycles. The second-order valence-electron chi connectivity index (χ2n) is 5.45. The molecule has 0 atom stereocenters. The molecule has 0 unspecified atom stereocenters. The molecule has 0 N–H and O–H groups in total. The van der Waals surface area contributed by atoms with Gasteiger partial charge in [0.05, 0.1) is 6.54 Å². The van der Waals surface area contributed by atoms with Crippen LogP contribution in [0.1, 0.15) is 18.4 Å². The van der Waals surface area contributed by atoms with Crippen LogP contribution >= 0.6 is 0 Å². The van der Waals surface area contributed by atoms with Crippen molar-refractivity contribution in [3.05, 3.63) is 35.9 Å². The van der Waals surface area contributed by atoms with Gasteiger partial charge in [-0.3, -0.25) is 9.69 Å². The Balaban J connectivity index is 1.72. The number of nitrogens with zero attached hydrogens (tertiary/aromatic N) is 1. The topological polar surface area (TPSA) is 29.5 Å². The van der Waals surface area contributed by atoms with Crippen LogP contribution in [0.3, 0.4) is 0 Å². The van der Waals surface area contributed by atoms with Crippen molar-refractivity contribution in [2.24, 2.45) is 5.92 Å². The van der Waals surface area contributed by atoms with Gasteiger partial charge in [-0.2, -0.15) is 0 Å². The lowest BCUT2D eigenvalue weighted by Crippen LogP contribution is -2.33. The molecule has 2 rings (SSSR count). The zero-order valence-electron chi connectivity index (χ0n) is 11.7. The molecule has 1 heterocycles. The van der Waals surface area contributed by atoms with Crippen LogP contribution in [0.4, 0.5) is 0 Å². The molecule has 0 radical (unpaired) electrons. The smallest absolute Gasteiger partial charge is 0.151 e. The van der Waals surface area contributed by atoms with Gasteiger partial charge in [0.2, 0.25) is 0 Å². The van der Waals surface area contributed by atoms with E-state index >= 15 is 0 Å². The van der Waals surface area contributed by atoms with Gasteiger partial charge >= 0.3 is 0 Å². The molecule has 1 aromatic carbocycles. The molecule has 3 nitrogen and oxygen atoms in total. The molecule has 0 spiro atoms. The van der Waals surface area contributed by atoms with Crippen molar-refractivity contribution >= 4 is 5.78 Å². The number of ether oxygens (including phenoxy) is 1. The van der Waals surface area contributed by atoms with Gasteiger partial charge in [0.25, 0.3) is 0 Å². The van der Waals surface area contributed by atoms with E-state index in [0.29, 0.717) is 24.7 Å². The van der Waals surface area contributed by atoms with Gasteiger partial charge in [-0.1, -0.05) is 30.3 Å². The Kier molecular flexibility index (Phi) is 5.55. The normalized spacial score (nSPS) is 16.7. The Morgan fingerprint density at radius 2 is 1.95 bits per heavy atom. The fourth-order valence-corrected chi connectivity index (χ4v) is 2.61. The third kappa shape index (κ3) is 5.13. The van der Waals surface area contributed by atoms with Crippen molar-refractivity contribution in [2.45, 2.75) is 19.3 Å². The molecule has 104 valence electrons. The zero-order valence-corrected chi connectivity index (χ0v) is 11.7. The molecule has 1 aromatic rings. The van der Waals surface area contributed by atoms with Gasteiger partial charge in [0.1, 0.15) is 0 Å². The minimum Gasteiger partial charge on any atom is -0.381 e. The van der Waals surface area contributed by atoms with Crippen LogP contribution in [0, 0.1) is 5.92 Å². The molecule has 1 saturated heterocycles. The second kappa shape index (κ2) is 7.41. The molecule has 0 aromatic heterocycles. The van der Waals surface area contributed by atoms with E-state index in [1.165, 1.54) is 0 Å². The van der Waals surface area contributed by atoms with E-state index in [2.05, 4.69) is 4.90 Å². The van der Waals surface area contributed by atoms with Crippen LogP contribution in [0.25, 0.3) is 0 Å². The highest BCUT2D eigenvalue weighted by Gasteiger charge is 2.17. The summed E-state index contributed by atoms with van der Waals surface area (Å²) in [6.07, 6.45) is 2.79. The number of hydrogen-bond donors (Lipinski definition) is 0. The van der Waals surface area contributed by atoms with Crippen molar-refractivity contribution < 1.29 is 9.53 Å². The monoisotopic (exact) mass is 261 g/mol. The van der Waals surface area contributed by atoms with Gasteiger partial charge in [-0.15, -0.1) is 0 Å². The molecule has 0 amide bonds. The average molecular weight is 261 g/mol. The number of likely N-dealkylation sites (N-methyl/N-ethyl adjacent to an activating group) is 1. The highest BCUT2D eigenvalue weighted by atomic mass is 16.5. The molecule has 19 heavy (non-hydrogen) atoms. The minimum absolute atomic E-state index is 0.292. The first kappa shape index (κ1) is 14.2. The number of carbonyl (C=O) groups excluding carboxylic acids is 1. The molecule has 0 aliphatic carbocycles. The predicted octanol–water partition coefficient (Wildman–Crippen LogP) is 2.16. The Bertz CT molecular complexity index is 385. The molecule has 1 fully saturated rings. The summed E-state index contributed by atoms with van der Waals surface area (Å²) in [4.78, 5) is 14.2. The van der Waals surface area contributed by atoms with E-state index < -0.39 is 0 Å². The molecule has 0 bridgehead atoms. The van der Waals surface area contributed by atoms with E-state index in [1.807, 2.05) is 37.4 Å². The third-order valence-electron chi connectivity index (χ3n) is 3.60. The van der Waals surface area contributed by atoms with Gasteiger partial charge in [0, 0.05) is 26.2 Å². The highest BCUT2D eigenvalue weighted by Crippen LogP contribution is 2.15. The number of rotatable bonds is 6. The first-order valence-corrected chi connectivity index (χ1v) is 7.06. The minimum atomic E-state index is 0.292. The van der Waals surface area contributed by atoms with E-state index in [4.69, 9.17) is 4.74 Å². The maximum Gasteiger partial charge on any atom is 0.151 e. The molecule has 3 heteroatoms. The number of benzene rings is 1. The van der Waals surface area contributed by atoms with Crippen molar-refractivity contribution in [1.82, 2.24) is 4.90 Å². The Hall–Kier alpha value is -1.19. The second-order valence-corrected chi connectivity index (χ2v) is 5.45. The van der Waals surface area contributed by atoms with Crippen molar-refractivity contribution in [3.8, 4) is 0 Å². The summed E-state index contributed by atoms with van der Waals surface area (Å²) < 4.78 is 5.36. The average Bonchev–Trinajstić information content (AvgIpc) is 2.40. The predicted molar refractivity (Wildman–Crippen MR) is 76.2 cm³/mol. The Labute approximate surface area is 115 Å². The van der Waals surface area contributed by atoms with Crippen LogP contribution in [0.2, 0.25) is 0 Å². The largest absolute Gasteiger partial charge is 0.381 e. The van der Waals surface area contributed by atoms with Crippen LogP contribution in [-0.2, 0) is 16.0 Å². The SMILES string of the molecule is CN(CC(=O)Cc1ccccc1)CC1CCOCC1. The summed E-state index contributed by atoms with van der Waals surface area (Å²) in [5, 5.41) is 0. The van der Waals surface area contributed by atoms with E-state index in [9.17, 15) is 4.79 Å². The van der Waals surface area contributed by atoms with E-state index in [-0.39, 0.29) is 0 Å². The third-order valence-corrected chi connectivity index (χ3v) is 3.60. The fraction of sp³-hybridized carbons (Fsp3) is 0.562. The number of ketones is 1. The summed E-state index contributed by atoms with van der Waals surface area (Å²) in [6, 6.07) is 9.96. The van der Waals surface area contributed by atoms with Crippen molar-refractivity contribution in [2.75, 3.05) is 33.4 Å². The maximum absolute atomic E-state index is 12.0. The summed E-state index contributed by atoms with van der Waals surface area (Å²) >= 11 is 0. The first-order chi connectivity index (χ1) is 9.24. The van der Waals surface area contributed by atoms with Crippen molar-refractivity contribution in [1.29, 1.82) is 0 Å². The highest BCUT2D eigenvalue weighted by molar-refractivity contribution is 5.82. The number of hydrogen-bond acceptors (Lipinski definition) is 3. The van der Waals surface area contributed by atoms with Crippen LogP contribution in [-0.4, -0.2) is 44.0 Å². The lowest BCUT2D eigenvalue weighted by molar-refractivity contribution is -0.119. The first-order valence-electron chi connectivity index (χ1n) is 7.06. The quantitative estimate of drug-likeness (QED) is 0.786. The zero-order chi connectivity index (χ0) is 13.5. The molecular formula is C16H23NO2. The van der Waals surface area contributed by atoms with E-state index in [0.717, 1.165) is 38.2 Å². The standard InChI is InChI=1S/C16H23NO2/c1-17(12-15-7-9-19-10-8-15)13-16(18)11-14-5-3-2-4-6-14/h2-6,15H,7-13H2,1H3. The maximum atomic E-state index is 12.0. The number of carbonyl (C=O) groups is 1. The fourth-order valence-electron chi connectivity index (χ4n) is 2.61. The Morgan fingerprint density at radius 1 is 1.26 bits per heavy atom. The van der Waals surface area contributed by atoms with Crippen LogP contribution in [0.15, 0.2) is 30.3 Å². The van der Waals surface area contributed by atoms with Crippen LogP contribution in [0.5, 0.6) is 0 Å². The molecule has 0 saturated carbocycles. The van der Waals surface area contributed by atoms with Gasteiger partial charge in [-0.25, -0.2) is 0 Å². The Morgan fingerprint density at radius 3 is 2.63 bits per heavy atom. The van der Waals surface area contributed by atoms with Gasteiger partial charge < -0.3 is 4.74 Å². The van der Waals surface area contributed by atoms with Gasteiger partial charge in [0.15, 0.2) is 5.78 Å². The summed E-state index contributed by atoms with van der Waals surface area (Å²) in [7, 11) is 2.04. The summed E-state index contributed by atoms with van der Waals surface area (Å²) in [5.41, 5.74) is 1.10. The molecule has 1 aliphatic rings. The molecular weight excluding hydrogens is 238 g/mol. The van der Waals surface area contributed by atoms with Crippen LogP contribution < -0.4 is 0 Å². The van der Waals surface area contributed by atoms with Crippen molar-refractivity contribution in [3.63, 3.8) is 0 Å².